The molecule has 0 N–H and O–H groups in total. The molecule has 2 heteroatoms. The van der Waals surface area contributed by atoms with E-state index in [-0.39, 0.29) is 0 Å². The lowest BCUT2D eigenvalue weighted by molar-refractivity contribution is 0.616. The van der Waals surface area contributed by atoms with E-state index >= 15 is 0 Å². The fourth-order valence-corrected chi connectivity index (χ4v) is 1.38. The Labute approximate surface area is 73.2 Å². The van der Waals surface area contributed by atoms with E-state index in [9.17, 15) is 0 Å². The minimum absolute atomic E-state index is 1.14. The smallest absolute Gasteiger partial charge is 0.0555 e. The van der Waals surface area contributed by atoms with Crippen LogP contribution in [0.5, 0.6) is 0 Å². The third kappa shape index (κ3) is 1.17. The van der Waals surface area contributed by atoms with Gasteiger partial charge in [0.05, 0.1) is 11.9 Å². The molecular weight excluding hydrogens is 148 g/mol. The first-order valence-corrected chi connectivity index (χ1v) is 4.45. The predicted molar refractivity (Wildman–Crippen MR) is 50.5 cm³/mol. The van der Waals surface area contributed by atoms with E-state index in [4.69, 9.17) is 0 Å². The standard InChI is InChI=1S/C10H14N2/c1-8-6-10(7-11-9(8)2)12-4-3-5-12/h6-7H,3-5H2,1-2H3. The zero-order valence-electron chi connectivity index (χ0n) is 7.67. The van der Waals surface area contributed by atoms with Gasteiger partial charge in [0.2, 0.25) is 0 Å². The van der Waals surface area contributed by atoms with Crippen molar-refractivity contribution < 1.29 is 0 Å². The number of hydrogen-bond donors (Lipinski definition) is 0. The third-order valence-corrected chi connectivity index (χ3v) is 2.55. The van der Waals surface area contributed by atoms with Crippen LogP contribution < -0.4 is 4.90 Å². The van der Waals surface area contributed by atoms with E-state index in [1.54, 1.807) is 0 Å². The van der Waals surface area contributed by atoms with Crippen molar-refractivity contribution in [3.63, 3.8) is 0 Å². The molecule has 1 aliphatic rings. The van der Waals surface area contributed by atoms with Gasteiger partial charge >= 0.3 is 0 Å². The van der Waals surface area contributed by atoms with Crippen LogP contribution in [0.15, 0.2) is 12.3 Å². The van der Waals surface area contributed by atoms with Crippen LogP contribution in [0.25, 0.3) is 0 Å². The molecule has 0 bridgehead atoms. The maximum atomic E-state index is 4.34. The Morgan fingerprint density at radius 3 is 2.58 bits per heavy atom. The summed E-state index contributed by atoms with van der Waals surface area (Å²) in [7, 11) is 0. The van der Waals surface area contributed by atoms with Gasteiger partial charge in [-0.15, -0.1) is 0 Å². The van der Waals surface area contributed by atoms with Crippen LogP contribution in [0.2, 0.25) is 0 Å². The first-order valence-electron chi connectivity index (χ1n) is 4.45. The number of aryl methyl sites for hydroxylation is 2. The molecule has 0 amide bonds. The van der Waals surface area contributed by atoms with Crippen LogP contribution in [0.3, 0.4) is 0 Å². The number of rotatable bonds is 1. The fourth-order valence-electron chi connectivity index (χ4n) is 1.38. The maximum absolute atomic E-state index is 4.34. The molecule has 0 spiro atoms. The largest absolute Gasteiger partial charge is 0.370 e. The average molecular weight is 162 g/mol. The molecule has 12 heavy (non-hydrogen) atoms. The summed E-state index contributed by atoms with van der Waals surface area (Å²) >= 11 is 0. The second kappa shape index (κ2) is 2.77. The van der Waals surface area contributed by atoms with E-state index in [2.05, 4.69) is 29.8 Å². The summed E-state index contributed by atoms with van der Waals surface area (Å²) in [6.07, 6.45) is 3.30. The van der Waals surface area contributed by atoms with E-state index in [0.29, 0.717) is 0 Å². The summed E-state index contributed by atoms with van der Waals surface area (Å²) in [6, 6.07) is 2.22. The highest BCUT2D eigenvalue weighted by molar-refractivity contribution is 5.48. The molecular formula is C10H14N2. The third-order valence-electron chi connectivity index (χ3n) is 2.55. The lowest BCUT2D eigenvalue weighted by atomic mass is 10.1. The van der Waals surface area contributed by atoms with Crippen molar-refractivity contribution in [3.05, 3.63) is 23.5 Å². The minimum Gasteiger partial charge on any atom is -0.370 e. The Hall–Kier alpha value is -1.05. The Balaban J connectivity index is 2.27. The van der Waals surface area contributed by atoms with Gasteiger partial charge in [-0.25, -0.2) is 0 Å². The molecule has 1 saturated heterocycles. The fraction of sp³-hybridized carbons (Fsp3) is 0.500. The van der Waals surface area contributed by atoms with Gasteiger partial charge in [-0.2, -0.15) is 0 Å². The van der Waals surface area contributed by atoms with Crippen molar-refractivity contribution in [2.75, 3.05) is 18.0 Å². The van der Waals surface area contributed by atoms with Crippen LogP contribution in [-0.4, -0.2) is 18.1 Å². The zero-order chi connectivity index (χ0) is 8.55. The Morgan fingerprint density at radius 2 is 2.08 bits per heavy atom. The molecule has 64 valence electrons. The van der Waals surface area contributed by atoms with Crippen LogP contribution in [-0.2, 0) is 0 Å². The Bertz CT molecular complexity index is 290. The molecule has 0 unspecified atom stereocenters. The summed E-state index contributed by atoms with van der Waals surface area (Å²) in [5.41, 5.74) is 3.71. The van der Waals surface area contributed by atoms with E-state index in [1.165, 1.54) is 30.8 Å². The number of pyridine rings is 1. The number of aromatic nitrogens is 1. The minimum atomic E-state index is 1.14. The molecule has 0 aromatic carbocycles. The molecule has 0 atom stereocenters. The topological polar surface area (TPSA) is 16.1 Å². The predicted octanol–water partition coefficient (Wildman–Crippen LogP) is 1.91. The second-order valence-corrected chi connectivity index (χ2v) is 3.44. The van der Waals surface area contributed by atoms with E-state index in [0.717, 1.165) is 5.69 Å². The van der Waals surface area contributed by atoms with E-state index < -0.39 is 0 Å². The average Bonchev–Trinajstić information content (AvgIpc) is 1.93. The van der Waals surface area contributed by atoms with Crippen LogP contribution in [0, 0.1) is 13.8 Å². The van der Waals surface area contributed by atoms with Crippen molar-refractivity contribution in [1.82, 2.24) is 4.98 Å². The molecule has 1 fully saturated rings. The van der Waals surface area contributed by atoms with Gasteiger partial charge < -0.3 is 4.90 Å². The summed E-state index contributed by atoms with van der Waals surface area (Å²) in [5, 5.41) is 0. The van der Waals surface area contributed by atoms with Gasteiger partial charge in [-0.3, -0.25) is 4.98 Å². The molecule has 2 rings (SSSR count). The van der Waals surface area contributed by atoms with Crippen molar-refractivity contribution >= 4 is 5.69 Å². The van der Waals surface area contributed by atoms with Crippen LogP contribution >= 0.6 is 0 Å². The SMILES string of the molecule is Cc1cc(N2CCC2)cnc1C. The molecule has 0 saturated carbocycles. The van der Waals surface area contributed by atoms with Crippen molar-refractivity contribution in [2.45, 2.75) is 20.3 Å². The molecule has 0 aliphatic carbocycles. The summed E-state index contributed by atoms with van der Waals surface area (Å²) in [5.74, 6) is 0. The van der Waals surface area contributed by atoms with Crippen molar-refractivity contribution in [3.8, 4) is 0 Å². The van der Waals surface area contributed by atoms with Crippen molar-refractivity contribution in [1.29, 1.82) is 0 Å². The van der Waals surface area contributed by atoms with Crippen LogP contribution in [0.4, 0.5) is 5.69 Å². The normalized spacial score (nSPS) is 16.0. The number of anilines is 1. The molecule has 1 aliphatic heterocycles. The highest BCUT2D eigenvalue weighted by Crippen LogP contribution is 2.21. The summed E-state index contributed by atoms with van der Waals surface area (Å²) in [4.78, 5) is 6.70. The maximum Gasteiger partial charge on any atom is 0.0555 e. The van der Waals surface area contributed by atoms with Gasteiger partial charge in [-0.05, 0) is 31.9 Å². The monoisotopic (exact) mass is 162 g/mol. The molecule has 2 heterocycles. The van der Waals surface area contributed by atoms with Gasteiger partial charge in [0.25, 0.3) is 0 Å². The second-order valence-electron chi connectivity index (χ2n) is 3.44. The highest BCUT2D eigenvalue weighted by Gasteiger charge is 2.14. The Kier molecular flexibility index (Phi) is 1.75. The van der Waals surface area contributed by atoms with Gasteiger partial charge in [0.1, 0.15) is 0 Å². The van der Waals surface area contributed by atoms with Crippen LogP contribution in [0.1, 0.15) is 17.7 Å². The quantitative estimate of drug-likeness (QED) is 0.627. The zero-order valence-corrected chi connectivity index (χ0v) is 7.67. The Morgan fingerprint density at radius 1 is 1.33 bits per heavy atom. The number of hydrogen-bond acceptors (Lipinski definition) is 2. The van der Waals surface area contributed by atoms with E-state index in [1.807, 2.05) is 6.20 Å². The molecule has 2 nitrogen and oxygen atoms in total. The molecule has 1 aromatic heterocycles. The molecule has 1 aromatic rings. The van der Waals surface area contributed by atoms with Crippen molar-refractivity contribution in [2.24, 2.45) is 0 Å². The lowest BCUT2D eigenvalue weighted by Gasteiger charge is -2.33. The summed E-state index contributed by atoms with van der Waals surface area (Å²) in [6.45, 7) is 6.56. The van der Waals surface area contributed by atoms with Gasteiger partial charge in [0, 0.05) is 18.8 Å². The van der Waals surface area contributed by atoms with Gasteiger partial charge in [0.15, 0.2) is 0 Å². The highest BCUT2D eigenvalue weighted by atomic mass is 15.2. The van der Waals surface area contributed by atoms with Gasteiger partial charge in [-0.1, -0.05) is 0 Å². The molecule has 0 radical (unpaired) electrons. The first-order chi connectivity index (χ1) is 5.77. The number of nitrogens with zero attached hydrogens (tertiary/aromatic N) is 2. The summed E-state index contributed by atoms with van der Waals surface area (Å²) < 4.78 is 0. The first kappa shape index (κ1) is 7.59. The lowest BCUT2D eigenvalue weighted by Crippen LogP contribution is -2.37.